The maximum absolute atomic E-state index is 10.4. The minimum absolute atomic E-state index is 0.302. The largest absolute Gasteiger partial charge is 0.465 e. The Morgan fingerprint density at radius 2 is 2.35 bits per heavy atom. The second kappa shape index (κ2) is 4.69. The molecule has 0 aliphatic carbocycles. The molecule has 0 radical (unpaired) electrons. The molecule has 0 unspecified atom stereocenters. The smallest absolute Gasteiger partial charge is 0.404 e. The van der Waals surface area contributed by atoms with Gasteiger partial charge in [0.2, 0.25) is 0 Å². The van der Waals surface area contributed by atoms with Crippen LogP contribution in [0, 0.1) is 6.92 Å². The number of carboxylic acid groups (broad SMARTS) is 1. The molecule has 0 bridgehead atoms. The van der Waals surface area contributed by atoms with E-state index in [4.69, 9.17) is 5.11 Å². The lowest BCUT2D eigenvalue weighted by molar-refractivity contribution is 0.194. The molecule has 0 aliphatic heterocycles. The minimum atomic E-state index is -1.02. The first-order valence-electron chi connectivity index (χ1n) is 5.23. The minimum Gasteiger partial charge on any atom is -0.465 e. The lowest BCUT2D eigenvalue weighted by Crippen LogP contribution is -2.19. The van der Waals surface area contributed by atoms with E-state index < -0.39 is 6.09 Å². The first-order chi connectivity index (χ1) is 8.16. The Kier molecular flexibility index (Phi) is 3.09. The molecular weight excluding hydrogens is 218 g/mol. The first kappa shape index (κ1) is 11.2. The van der Waals surface area contributed by atoms with Gasteiger partial charge in [-0.05, 0) is 24.6 Å². The number of hydrogen-bond donors (Lipinski definition) is 2. The highest BCUT2D eigenvalue weighted by Crippen LogP contribution is 2.12. The first-order valence-corrected chi connectivity index (χ1v) is 5.23. The van der Waals surface area contributed by atoms with Crippen molar-refractivity contribution in [1.82, 2.24) is 14.9 Å². The highest BCUT2D eigenvalue weighted by atomic mass is 16.4. The molecule has 1 aromatic carbocycles. The Morgan fingerprint density at radius 3 is 3.00 bits per heavy atom. The van der Waals surface area contributed by atoms with Gasteiger partial charge in [0.1, 0.15) is 5.82 Å². The molecule has 0 spiro atoms. The van der Waals surface area contributed by atoms with Gasteiger partial charge in [-0.15, -0.1) is 0 Å². The lowest BCUT2D eigenvalue weighted by Gasteiger charge is -2.07. The number of amides is 1. The fourth-order valence-corrected chi connectivity index (χ4v) is 1.64. The molecular formula is C12H13N3O2. The zero-order valence-corrected chi connectivity index (χ0v) is 9.42. The van der Waals surface area contributed by atoms with Crippen molar-refractivity contribution in [2.75, 3.05) is 0 Å². The number of nitrogens with one attached hydrogen (secondary N) is 1. The third-order valence-corrected chi connectivity index (χ3v) is 2.46. The molecule has 1 amide bonds. The number of imidazole rings is 1. The van der Waals surface area contributed by atoms with E-state index in [0.29, 0.717) is 6.54 Å². The van der Waals surface area contributed by atoms with Crippen LogP contribution in [0.25, 0.3) is 5.69 Å². The van der Waals surface area contributed by atoms with Gasteiger partial charge in [0.15, 0.2) is 0 Å². The van der Waals surface area contributed by atoms with E-state index in [1.54, 1.807) is 6.20 Å². The van der Waals surface area contributed by atoms with Crippen LogP contribution in [0.3, 0.4) is 0 Å². The number of benzene rings is 1. The van der Waals surface area contributed by atoms with E-state index in [1.807, 2.05) is 42.0 Å². The molecule has 88 valence electrons. The summed E-state index contributed by atoms with van der Waals surface area (Å²) >= 11 is 0. The van der Waals surface area contributed by atoms with E-state index in [0.717, 1.165) is 17.1 Å². The molecule has 2 N–H and O–H groups in total. The van der Waals surface area contributed by atoms with Gasteiger partial charge in [-0.25, -0.2) is 9.78 Å². The summed E-state index contributed by atoms with van der Waals surface area (Å²) < 4.78 is 1.95. The molecule has 1 heterocycles. The van der Waals surface area contributed by atoms with Crippen molar-refractivity contribution in [3.63, 3.8) is 0 Å². The molecule has 0 saturated carbocycles. The van der Waals surface area contributed by atoms with Crippen LogP contribution in [-0.4, -0.2) is 20.8 Å². The van der Waals surface area contributed by atoms with Gasteiger partial charge < -0.3 is 15.0 Å². The summed E-state index contributed by atoms with van der Waals surface area (Å²) in [4.78, 5) is 14.6. The predicted molar refractivity (Wildman–Crippen MR) is 63.2 cm³/mol. The summed E-state index contributed by atoms with van der Waals surface area (Å²) in [5, 5.41) is 10.9. The average molecular weight is 231 g/mol. The molecule has 0 aliphatic rings. The number of aromatic nitrogens is 2. The second-order valence-electron chi connectivity index (χ2n) is 3.67. The molecule has 5 nitrogen and oxygen atoms in total. The summed E-state index contributed by atoms with van der Waals surface area (Å²) in [5.41, 5.74) is 1.89. The van der Waals surface area contributed by atoms with Crippen LogP contribution in [-0.2, 0) is 6.54 Å². The van der Waals surface area contributed by atoms with Gasteiger partial charge in [0.05, 0.1) is 0 Å². The Hall–Kier alpha value is -2.30. The molecule has 5 heteroatoms. The normalized spacial score (nSPS) is 10.2. The van der Waals surface area contributed by atoms with Crippen LogP contribution >= 0.6 is 0 Å². The number of rotatable bonds is 3. The van der Waals surface area contributed by atoms with E-state index in [-0.39, 0.29) is 0 Å². The zero-order chi connectivity index (χ0) is 12.3. The fraction of sp³-hybridized carbons (Fsp3) is 0.167. The van der Waals surface area contributed by atoms with Gasteiger partial charge >= 0.3 is 6.09 Å². The lowest BCUT2D eigenvalue weighted by atomic mass is 10.2. The van der Waals surface area contributed by atoms with E-state index in [2.05, 4.69) is 10.3 Å². The number of aryl methyl sites for hydroxylation is 1. The molecule has 0 fully saturated rings. The maximum atomic E-state index is 10.4. The summed E-state index contributed by atoms with van der Waals surface area (Å²) in [6, 6.07) is 7.67. The quantitative estimate of drug-likeness (QED) is 0.848. The predicted octanol–water partition coefficient (Wildman–Crippen LogP) is 1.95. The number of carbonyl (C=O) groups is 1. The van der Waals surface area contributed by atoms with Gasteiger partial charge in [-0.2, -0.15) is 0 Å². The standard InChI is InChI=1S/C12H13N3O2/c1-9-13-5-6-15(9)11-4-2-3-10(7-11)8-14-12(16)17/h2-7,14H,8H2,1H3,(H,16,17). The van der Waals surface area contributed by atoms with Gasteiger partial charge in [-0.1, -0.05) is 12.1 Å². The molecule has 2 aromatic rings. The third-order valence-electron chi connectivity index (χ3n) is 2.46. The fourth-order valence-electron chi connectivity index (χ4n) is 1.64. The van der Waals surface area contributed by atoms with Crippen LogP contribution in [0.5, 0.6) is 0 Å². The third kappa shape index (κ3) is 2.63. The van der Waals surface area contributed by atoms with Crippen molar-refractivity contribution in [2.45, 2.75) is 13.5 Å². The van der Waals surface area contributed by atoms with Crippen molar-refractivity contribution in [2.24, 2.45) is 0 Å². The number of nitrogens with zero attached hydrogens (tertiary/aromatic N) is 2. The van der Waals surface area contributed by atoms with Crippen molar-refractivity contribution in [3.05, 3.63) is 48.0 Å². The molecule has 17 heavy (non-hydrogen) atoms. The monoisotopic (exact) mass is 231 g/mol. The van der Waals surface area contributed by atoms with Crippen LogP contribution < -0.4 is 5.32 Å². The van der Waals surface area contributed by atoms with Crippen molar-refractivity contribution in [3.8, 4) is 5.69 Å². The second-order valence-corrected chi connectivity index (χ2v) is 3.67. The van der Waals surface area contributed by atoms with Gasteiger partial charge in [0.25, 0.3) is 0 Å². The van der Waals surface area contributed by atoms with E-state index in [1.165, 1.54) is 0 Å². The molecule has 0 saturated heterocycles. The molecule has 2 rings (SSSR count). The van der Waals surface area contributed by atoms with Crippen LogP contribution in [0.2, 0.25) is 0 Å². The molecule has 1 aromatic heterocycles. The Morgan fingerprint density at radius 1 is 1.53 bits per heavy atom. The van der Waals surface area contributed by atoms with Crippen molar-refractivity contribution in [1.29, 1.82) is 0 Å². The summed E-state index contributed by atoms with van der Waals surface area (Å²) in [7, 11) is 0. The van der Waals surface area contributed by atoms with Crippen LogP contribution in [0.1, 0.15) is 11.4 Å². The summed E-state index contributed by atoms with van der Waals surface area (Å²) in [6.07, 6.45) is 2.59. The Balaban J connectivity index is 2.23. The highest BCUT2D eigenvalue weighted by molar-refractivity contribution is 5.64. The Bertz CT molecular complexity index is 534. The Labute approximate surface area is 98.7 Å². The van der Waals surface area contributed by atoms with Gasteiger partial charge in [0, 0.05) is 24.6 Å². The van der Waals surface area contributed by atoms with Crippen LogP contribution in [0.15, 0.2) is 36.7 Å². The maximum Gasteiger partial charge on any atom is 0.404 e. The number of hydrogen-bond acceptors (Lipinski definition) is 2. The van der Waals surface area contributed by atoms with Crippen molar-refractivity contribution >= 4 is 6.09 Å². The summed E-state index contributed by atoms with van der Waals surface area (Å²) in [5.74, 6) is 0.897. The topological polar surface area (TPSA) is 67.2 Å². The molecule has 0 atom stereocenters. The SMILES string of the molecule is Cc1nccn1-c1cccc(CNC(=O)O)c1. The highest BCUT2D eigenvalue weighted by Gasteiger charge is 2.02. The average Bonchev–Trinajstić information content (AvgIpc) is 2.73. The van der Waals surface area contributed by atoms with Gasteiger partial charge in [-0.3, -0.25) is 0 Å². The zero-order valence-electron chi connectivity index (χ0n) is 9.42. The van der Waals surface area contributed by atoms with Crippen molar-refractivity contribution < 1.29 is 9.90 Å². The van der Waals surface area contributed by atoms with Crippen LogP contribution in [0.4, 0.5) is 4.79 Å². The summed E-state index contributed by atoms with van der Waals surface area (Å²) in [6.45, 7) is 2.22. The van der Waals surface area contributed by atoms with E-state index >= 15 is 0 Å². The van der Waals surface area contributed by atoms with E-state index in [9.17, 15) is 4.79 Å².